The van der Waals surface area contributed by atoms with Gasteiger partial charge >= 0.3 is 6.03 Å². The smallest absolute Gasteiger partial charge is 0.315 e. The fourth-order valence-corrected chi connectivity index (χ4v) is 2.54. The van der Waals surface area contributed by atoms with Crippen LogP contribution in [-0.4, -0.2) is 28.8 Å². The van der Waals surface area contributed by atoms with E-state index < -0.39 is 0 Å². The molecular formula is C14H20ClN3O2. The lowest BCUT2D eigenvalue weighted by Crippen LogP contribution is -2.39. The lowest BCUT2D eigenvalue weighted by Gasteiger charge is -2.25. The summed E-state index contributed by atoms with van der Waals surface area (Å²) in [5, 5.41) is 15.7. The van der Waals surface area contributed by atoms with E-state index in [1.807, 2.05) is 0 Å². The summed E-state index contributed by atoms with van der Waals surface area (Å²) in [6.45, 7) is 0.979. The molecule has 2 rings (SSSR count). The first-order valence-corrected chi connectivity index (χ1v) is 7.31. The molecule has 5 nitrogen and oxygen atoms in total. The summed E-state index contributed by atoms with van der Waals surface area (Å²) in [6, 6.07) is 3.31. The maximum atomic E-state index is 11.7. The third kappa shape index (κ3) is 4.98. The molecule has 1 aromatic rings. The molecule has 2 atom stereocenters. The fourth-order valence-electron chi connectivity index (χ4n) is 2.43. The molecule has 0 aromatic carbocycles. The van der Waals surface area contributed by atoms with Crippen LogP contribution in [0.2, 0.25) is 5.02 Å². The quantitative estimate of drug-likeness (QED) is 0.796. The Morgan fingerprint density at radius 3 is 2.95 bits per heavy atom. The van der Waals surface area contributed by atoms with Crippen molar-refractivity contribution < 1.29 is 9.90 Å². The molecule has 0 aliphatic heterocycles. The van der Waals surface area contributed by atoms with Gasteiger partial charge in [-0.05, 0) is 37.3 Å². The molecule has 0 radical (unpaired) electrons. The van der Waals surface area contributed by atoms with Crippen LogP contribution in [0.3, 0.4) is 0 Å². The van der Waals surface area contributed by atoms with Crippen molar-refractivity contribution in [2.45, 2.75) is 38.3 Å². The molecule has 20 heavy (non-hydrogen) atoms. The SMILES string of the molecule is O=C(NCc1ccc(Cl)cn1)NCC1CCCC(O)C1. The van der Waals surface area contributed by atoms with Crippen LogP contribution < -0.4 is 10.6 Å². The Morgan fingerprint density at radius 1 is 1.40 bits per heavy atom. The van der Waals surface area contributed by atoms with Crippen LogP contribution in [0.1, 0.15) is 31.4 Å². The predicted molar refractivity (Wildman–Crippen MR) is 77.5 cm³/mol. The predicted octanol–water partition coefficient (Wildman–Crippen LogP) is 2.09. The fraction of sp³-hybridized carbons (Fsp3) is 0.571. The molecule has 1 saturated carbocycles. The third-order valence-corrected chi connectivity index (χ3v) is 3.75. The zero-order valence-electron chi connectivity index (χ0n) is 11.3. The molecular weight excluding hydrogens is 278 g/mol. The van der Waals surface area contributed by atoms with Gasteiger partial charge in [0.1, 0.15) is 0 Å². The van der Waals surface area contributed by atoms with Gasteiger partial charge in [0, 0.05) is 12.7 Å². The number of halogens is 1. The zero-order valence-corrected chi connectivity index (χ0v) is 12.1. The van der Waals surface area contributed by atoms with Crippen LogP contribution in [0.25, 0.3) is 0 Å². The lowest BCUT2D eigenvalue weighted by molar-refractivity contribution is 0.101. The van der Waals surface area contributed by atoms with Crippen molar-refractivity contribution in [1.29, 1.82) is 0 Å². The van der Waals surface area contributed by atoms with Crippen molar-refractivity contribution in [3.05, 3.63) is 29.0 Å². The van der Waals surface area contributed by atoms with Crippen molar-refractivity contribution in [3.63, 3.8) is 0 Å². The van der Waals surface area contributed by atoms with E-state index in [1.54, 1.807) is 18.3 Å². The minimum atomic E-state index is -0.211. The zero-order chi connectivity index (χ0) is 14.4. The van der Waals surface area contributed by atoms with Crippen molar-refractivity contribution >= 4 is 17.6 Å². The molecule has 110 valence electrons. The van der Waals surface area contributed by atoms with Gasteiger partial charge in [-0.3, -0.25) is 4.98 Å². The van der Waals surface area contributed by atoms with E-state index in [0.717, 1.165) is 31.4 Å². The largest absolute Gasteiger partial charge is 0.393 e. The highest BCUT2D eigenvalue weighted by atomic mass is 35.5. The number of nitrogens with one attached hydrogen (secondary N) is 2. The second-order valence-electron chi connectivity index (χ2n) is 5.22. The van der Waals surface area contributed by atoms with E-state index >= 15 is 0 Å². The number of pyridine rings is 1. The van der Waals surface area contributed by atoms with Crippen LogP contribution >= 0.6 is 11.6 Å². The molecule has 2 unspecified atom stereocenters. The Balaban J connectivity index is 1.66. The number of aromatic nitrogens is 1. The highest BCUT2D eigenvalue weighted by Gasteiger charge is 2.20. The van der Waals surface area contributed by atoms with E-state index in [1.165, 1.54) is 0 Å². The molecule has 0 spiro atoms. The number of urea groups is 1. The van der Waals surface area contributed by atoms with Crippen LogP contribution in [0, 0.1) is 5.92 Å². The number of carbonyl (C=O) groups excluding carboxylic acids is 1. The van der Waals surface area contributed by atoms with Crippen LogP contribution in [0.15, 0.2) is 18.3 Å². The topological polar surface area (TPSA) is 74.2 Å². The average Bonchev–Trinajstić information content (AvgIpc) is 2.45. The molecule has 3 N–H and O–H groups in total. The van der Waals surface area contributed by atoms with Gasteiger partial charge in [-0.15, -0.1) is 0 Å². The first kappa shape index (κ1) is 15.1. The van der Waals surface area contributed by atoms with Crippen LogP contribution in [-0.2, 0) is 6.54 Å². The molecule has 1 aliphatic rings. The maximum Gasteiger partial charge on any atom is 0.315 e. The molecule has 0 saturated heterocycles. The summed E-state index contributed by atoms with van der Waals surface area (Å²) in [5.74, 6) is 0.373. The Labute approximate surface area is 123 Å². The minimum absolute atomic E-state index is 0.207. The van der Waals surface area contributed by atoms with Crippen LogP contribution in [0.4, 0.5) is 4.79 Å². The second kappa shape index (κ2) is 7.45. The van der Waals surface area contributed by atoms with E-state index in [-0.39, 0.29) is 12.1 Å². The lowest BCUT2D eigenvalue weighted by atomic mass is 9.87. The number of aliphatic hydroxyl groups is 1. The third-order valence-electron chi connectivity index (χ3n) is 3.53. The molecule has 0 bridgehead atoms. The van der Waals surface area contributed by atoms with E-state index in [2.05, 4.69) is 15.6 Å². The van der Waals surface area contributed by atoms with Gasteiger partial charge in [0.25, 0.3) is 0 Å². The standard InChI is InChI=1S/C14H20ClN3O2/c15-11-4-5-12(16-8-11)9-18-14(20)17-7-10-2-1-3-13(19)6-10/h4-5,8,10,13,19H,1-3,6-7,9H2,(H2,17,18,20). The van der Waals surface area contributed by atoms with Crippen molar-refractivity contribution in [2.75, 3.05) is 6.54 Å². The molecule has 1 fully saturated rings. The van der Waals surface area contributed by atoms with E-state index in [9.17, 15) is 9.90 Å². The Hall–Kier alpha value is -1.33. The van der Waals surface area contributed by atoms with Gasteiger partial charge in [0.2, 0.25) is 0 Å². The van der Waals surface area contributed by atoms with Gasteiger partial charge in [-0.2, -0.15) is 0 Å². The number of aliphatic hydroxyl groups excluding tert-OH is 1. The number of rotatable bonds is 4. The first-order valence-electron chi connectivity index (χ1n) is 6.93. The Morgan fingerprint density at radius 2 is 2.25 bits per heavy atom. The summed E-state index contributed by atoms with van der Waals surface area (Å²) in [6.07, 6.45) is 5.10. The van der Waals surface area contributed by atoms with Crippen LogP contribution in [0.5, 0.6) is 0 Å². The van der Waals surface area contributed by atoms with Gasteiger partial charge in [-0.25, -0.2) is 4.79 Å². The minimum Gasteiger partial charge on any atom is -0.393 e. The van der Waals surface area contributed by atoms with Crippen molar-refractivity contribution in [2.24, 2.45) is 5.92 Å². The van der Waals surface area contributed by atoms with E-state index in [4.69, 9.17) is 11.6 Å². The first-order chi connectivity index (χ1) is 9.63. The molecule has 6 heteroatoms. The summed E-state index contributed by atoms with van der Waals surface area (Å²) in [4.78, 5) is 15.8. The molecule has 1 aromatic heterocycles. The van der Waals surface area contributed by atoms with Gasteiger partial charge in [0.05, 0.1) is 23.4 Å². The average molecular weight is 298 g/mol. The number of carbonyl (C=O) groups is 1. The van der Waals surface area contributed by atoms with Gasteiger partial charge in [-0.1, -0.05) is 18.0 Å². The highest BCUT2D eigenvalue weighted by Crippen LogP contribution is 2.23. The van der Waals surface area contributed by atoms with Crippen molar-refractivity contribution in [1.82, 2.24) is 15.6 Å². The monoisotopic (exact) mass is 297 g/mol. The Bertz CT molecular complexity index is 439. The maximum absolute atomic E-state index is 11.7. The number of hydrogen-bond donors (Lipinski definition) is 3. The van der Waals surface area contributed by atoms with Crippen molar-refractivity contribution in [3.8, 4) is 0 Å². The number of nitrogens with zero attached hydrogens (tertiary/aromatic N) is 1. The Kier molecular flexibility index (Phi) is 5.61. The molecule has 1 heterocycles. The number of hydrogen-bond acceptors (Lipinski definition) is 3. The second-order valence-corrected chi connectivity index (χ2v) is 5.65. The van der Waals surface area contributed by atoms with E-state index in [0.29, 0.717) is 24.0 Å². The van der Waals surface area contributed by atoms with Gasteiger partial charge in [0.15, 0.2) is 0 Å². The highest BCUT2D eigenvalue weighted by molar-refractivity contribution is 6.30. The molecule has 2 amide bonds. The summed E-state index contributed by atoms with van der Waals surface area (Å²) in [5.41, 5.74) is 0.762. The summed E-state index contributed by atoms with van der Waals surface area (Å²) in [7, 11) is 0. The molecule has 1 aliphatic carbocycles. The normalized spacial score (nSPS) is 22.3. The summed E-state index contributed by atoms with van der Waals surface area (Å²) < 4.78 is 0. The van der Waals surface area contributed by atoms with Gasteiger partial charge < -0.3 is 15.7 Å². The summed E-state index contributed by atoms with van der Waals surface area (Å²) >= 11 is 5.74. The number of amides is 2.